The summed E-state index contributed by atoms with van der Waals surface area (Å²) in [5.74, 6) is 0.684. The molecule has 0 aliphatic heterocycles. The summed E-state index contributed by atoms with van der Waals surface area (Å²) in [5, 5.41) is 17.0. The van der Waals surface area contributed by atoms with Gasteiger partial charge in [-0.05, 0) is 27.2 Å². The summed E-state index contributed by atoms with van der Waals surface area (Å²) in [6.45, 7) is 8.18. The lowest BCUT2D eigenvalue weighted by Crippen LogP contribution is -2.16. The second-order valence-corrected chi connectivity index (χ2v) is 4.31. The first kappa shape index (κ1) is 14.1. The maximum Gasteiger partial charge on any atom is 0.332 e. The molecule has 0 radical (unpaired) electrons. The highest BCUT2D eigenvalue weighted by Crippen LogP contribution is 2.26. The first-order chi connectivity index (χ1) is 8.45. The molecule has 0 aliphatic carbocycles. The number of nitrogens with zero attached hydrogens (tertiary/aromatic N) is 3. The summed E-state index contributed by atoms with van der Waals surface area (Å²) >= 11 is 0. The number of nitro groups is 1. The van der Waals surface area contributed by atoms with Crippen LogP contribution in [0.3, 0.4) is 0 Å². The zero-order valence-electron chi connectivity index (χ0n) is 11.1. The lowest BCUT2D eigenvalue weighted by molar-refractivity contribution is -0.385. The lowest BCUT2D eigenvalue weighted by Gasteiger charge is -2.12. The number of hydrogen-bond acceptors (Lipinski definition) is 6. The summed E-state index contributed by atoms with van der Waals surface area (Å²) in [4.78, 5) is 18.8. The van der Waals surface area contributed by atoms with Gasteiger partial charge in [0.2, 0.25) is 11.8 Å². The highest BCUT2D eigenvalue weighted by Gasteiger charge is 2.22. The zero-order valence-corrected chi connectivity index (χ0v) is 11.1. The van der Waals surface area contributed by atoms with Gasteiger partial charge in [-0.3, -0.25) is 10.1 Å². The topological polar surface area (TPSA) is 93.0 Å². The zero-order chi connectivity index (χ0) is 13.7. The molecular formula is C11H19N5O2. The summed E-state index contributed by atoms with van der Waals surface area (Å²) in [6.07, 6.45) is 0.937. The molecule has 1 heterocycles. The van der Waals surface area contributed by atoms with Gasteiger partial charge in [-0.15, -0.1) is 0 Å². The predicted octanol–water partition coefficient (Wildman–Crippen LogP) is 2.34. The molecule has 1 aromatic heterocycles. The molecule has 0 aromatic carbocycles. The predicted molar refractivity (Wildman–Crippen MR) is 71.0 cm³/mol. The Morgan fingerprint density at radius 1 is 1.39 bits per heavy atom. The van der Waals surface area contributed by atoms with E-state index in [0.717, 1.165) is 13.0 Å². The Morgan fingerprint density at radius 2 is 2.06 bits per heavy atom. The van der Waals surface area contributed by atoms with Crippen molar-refractivity contribution in [3.05, 3.63) is 15.8 Å². The molecule has 2 N–H and O–H groups in total. The van der Waals surface area contributed by atoms with Crippen molar-refractivity contribution >= 4 is 17.5 Å². The second kappa shape index (κ2) is 6.13. The van der Waals surface area contributed by atoms with Crippen LogP contribution in [0.5, 0.6) is 0 Å². The molecular weight excluding hydrogens is 234 g/mol. The van der Waals surface area contributed by atoms with E-state index < -0.39 is 4.92 Å². The minimum absolute atomic E-state index is 0.0641. The van der Waals surface area contributed by atoms with Gasteiger partial charge in [0.1, 0.15) is 5.69 Å². The van der Waals surface area contributed by atoms with Crippen molar-refractivity contribution in [2.24, 2.45) is 0 Å². The maximum absolute atomic E-state index is 11.0. The number of hydrogen-bond donors (Lipinski definition) is 2. The monoisotopic (exact) mass is 253 g/mol. The maximum atomic E-state index is 11.0. The van der Waals surface area contributed by atoms with E-state index in [0.29, 0.717) is 11.6 Å². The fraction of sp³-hybridized carbons (Fsp3) is 0.636. The average molecular weight is 253 g/mol. The van der Waals surface area contributed by atoms with Crippen molar-refractivity contribution in [1.82, 2.24) is 9.97 Å². The third kappa shape index (κ3) is 3.54. The molecule has 18 heavy (non-hydrogen) atoms. The van der Waals surface area contributed by atoms with Gasteiger partial charge in [0.15, 0.2) is 0 Å². The molecule has 0 fully saturated rings. The molecule has 0 saturated heterocycles. The molecule has 100 valence electrons. The largest absolute Gasteiger partial charge is 0.362 e. The van der Waals surface area contributed by atoms with Crippen molar-refractivity contribution in [3.8, 4) is 0 Å². The van der Waals surface area contributed by atoms with Crippen LogP contribution in [-0.4, -0.2) is 27.5 Å². The van der Waals surface area contributed by atoms with E-state index in [1.807, 2.05) is 20.8 Å². The molecule has 0 amide bonds. The fourth-order valence-electron chi connectivity index (χ4n) is 1.48. The van der Waals surface area contributed by atoms with Gasteiger partial charge >= 0.3 is 5.69 Å². The van der Waals surface area contributed by atoms with Gasteiger partial charge in [-0.2, -0.15) is 4.98 Å². The van der Waals surface area contributed by atoms with E-state index in [1.165, 1.54) is 0 Å². The van der Waals surface area contributed by atoms with Crippen LogP contribution < -0.4 is 10.6 Å². The van der Waals surface area contributed by atoms with Crippen LogP contribution >= 0.6 is 0 Å². The normalized spacial score (nSPS) is 10.5. The molecule has 0 unspecified atom stereocenters. The van der Waals surface area contributed by atoms with Gasteiger partial charge < -0.3 is 10.6 Å². The van der Waals surface area contributed by atoms with Crippen LogP contribution in [0.4, 0.5) is 17.5 Å². The van der Waals surface area contributed by atoms with Crippen LogP contribution in [0.2, 0.25) is 0 Å². The van der Waals surface area contributed by atoms with Gasteiger partial charge in [0.05, 0.1) is 4.92 Å². The number of nitrogens with one attached hydrogen (secondary N) is 2. The molecule has 0 bridgehead atoms. The number of aromatic nitrogens is 2. The smallest absolute Gasteiger partial charge is 0.332 e. The highest BCUT2D eigenvalue weighted by molar-refractivity contribution is 5.61. The molecule has 0 atom stereocenters. The molecule has 0 spiro atoms. The molecule has 1 aromatic rings. The van der Waals surface area contributed by atoms with E-state index in [1.54, 1.807) is 6.92 Å². The molecule has 7 heteroatoms. The Morgan fingerprint density at radius 3 is 2.56 bits per heavy atom. The Balaban J connectivity index is 3.14. The number of aryl methyl sites for hydroxylation is 1. The van der Waals surface area contributed by atoms with Crippen molar-refractivity contribution in [2.45, 2.75) is 40.2 Å². The van der Waals surface area contributed by atoms with Crippen LogP contribution in [0.1, 0.15) is 32.9 Å². The third-order valence-corrected chi connectivity index (χ3v) is 2.20. The minimum atomic E-state index is -0.455. The van der Waals surface area contributed by atoms with E-state index in [2.05, 4.69) is 20.6 Å². The van der Waals surface area contributed by atoms with Gasteiger partial charge in [0.25, 0.3) is 0 Å². The summed E-state index contributed by atoms with van der Waals surface area (Å²) in [7, 11) is 0. The van der Waals surface area contributed by atoms with E-state index in [9.17, 15) is 10.1 Å². The molecule has 1 rings (SSSR count). The third-order valence-electron chi connectivity index (χ3n) is 2.20. The molecule has 7 nitrogen and oxygen atoms in total. The molecule has 0 saturated carbocycles. The lowest BCUT2D eigenvalue weighted by atomic mass is 10.3. The van der Waals surface area contributed by atoms with Crippen molar-refractivity contribution < 1.29 is 4.92 Å². The standard InChI is InChI=1S/C11H19N5O2/c1-5-6-12-11-14-8(4)9(16(17)18)10(15-11)13-7(2)3/h7H,5-6H2,1-4H3,(H2,12,13,14,15). The Labute approximate surface area is 106 Å². The first-order valence-corrected chi connectivity index (χ1v) is 5.99. The Bertz CT molecular complexity index is 434. The van der Waals surface area contributed by atoms with Crippen molar-refractivity contribution in [3.63, 3.8) is 0 Å². The Hall–Kier alpha value is -1.92. The van der Waals surface area contributed by atoms with E-state index in [4.69, 9.17) is 0 Å². The average Bonchev–Trinajstić information content (AvgIpc) is 2.24. The highest BCUT2D eigenvalue weighted by atomic mass is 16.6. The van der Waals surface area contributed by atoms with E-state index in [-0.39, 0.29) is 17.5 Å². The van der Waals surface area contributed by atoms with Crippen molar-refractivity contribution in [2.75, 3.05) is 17.2 Å². The minimum Gasteiger partial charge on any atom is -0.362 e. The van der Waals surface area contributed by atoms with Crippen LogP contribution in [0, 0.1) is 17.0 Å². The number of rotatable bonds is 6. The van der Waals surface area contributed by atoms with Gasteiger partial charge in [-0.25, -0.2) is 4.98 Å². The van der Waals surface area contributed by atoms with Crippen LogP contribution in [0.25, 0.3) is 0 Å². The summed E-state index contributed by atoms with van der Waals surface area (Å²) < 4.78 is 0. The SMILES string of the molecule is CCCNc1nc(C)c([N+](=O)[O-])c(NC(C)C)n1. The van der Waals surface area contributed by atoms with E-state index >= 15 is 0 Å². The second-order valence-electron chi connectivity index (χ2n) is 4.31. The quantitative estimate of drug-likeness (QED) is 0.597. The summed E-state index contributed by atoms with van der Waals surface area (Å²) in [5.41, 5.74) is 0.294. The summed E-state index contributed by atoms with van der Waals surface area (Å²) in [6, 6.07) is 0.0667. The Kier molecular flexibility index (Phi) is 4.82. The van der Waals surface area contributed by atoms with Gasteiger partial charge in [0, 0.05) is 12.6 Å². The van der Waals surface area contributed by atoms with Crippen LogP contribution in [0.15, 0.2) is 0 Å². The molecule has 0 aliphatic rings. The number of anilines is 2. The fourth-order valence-corrected chi connectivity index (χ4v) is 1.48. The van der Waals surface area contributed by atoms with Crippen molar-refractivity contribution in [1.29, 1.82) is 0 Å². The first-order valence-electron chi connectivity index (χ1n) is 5.99. The van der Waals surface area contributed by atoms with Crippen LogP contribution in [-0.2, 0) is 0 Å². The van der Waals surface area contributed by atoms with Gasteiger partial charge in [-0.1, -0.05) is 6.92 Å².